The molecular weight excluding hydrogens is 288 g/mol. The molecule has 1 N–H and O–H groups in total. The number of aromatic nitrogens is 2. The summed E-state index contributed by atoms with van der Waals surface area (Å²) in [5.74, 6) is -0.0278. The van der Waals surface area contributed by atoms with Gasteiger partial charge in [0.25, 0.3) is 5.91 Å². The van der Waals surface area contributed by atoms with Gasteiger partial charge in [-0.15, -0.1) is 0 Å². The molecule has 1 aliphatic heterocycles. The summed E-state index contributed by atoms with van der Waals surface area (Å²) >= 11 is 0. The van der Waals surface area contributed by atoms with Crippen molar-refractivity contribution in [1.29, 1.82) is 0 Å². The van der Waals surface area contributed by atoms with Crippen LogP contribution in [-0.2, 0) is 0 Å². The Morgan fingerprint density at radius 1 is 1.26 bits per heavy atom. The zero-order valence-electron chi connectivity index (χ0n) is 14.1. The number of fused-ring (bicyclic) bond motifs is 1. The summed E-state index contributed by atoms with van der Waals surface area (Å²) in [6.45, 7) is 8.29. The normalized spacial score (nSPS) is 15.4. The van der Waals surface area contributed by atoms with Crippen LogP contribution in [0.15, 0.2) is 18.3 Å². The Bertz CT molecular complexity index is 686. The van der Waals surface area contributed by atoms with Crippen molar-refractivity contribution < 1.29 is 4.79 Å². The Hall–Kier alpha value is -1.88. The van der Waals surface area contributed by atoms with Gasteiger partial charge in [-0.25, -0.2) is 4.98 Å². The highest BCUT2D eigenvalue weighted by molar-refractivity contribution is 5.94. The van der Waals surface area contributed by atoms with Crippen molar-refractivity contribution in [2.75, 3.05) is 26.2 Å². The number of hydrogen-bond acceptors (Lipinski definition) is 3. The van der Waals surface area contributed by atoms with Crippen molar-refractivity contribution in [2.24, 2.45) is 0 Å². The summed E-state index contributed by atoms with van der Waals surface area (Å²) in [5.41, 5.74) is 3.42. The summed E-state index contributed by atoms with van der Waals surface area (Å²) in [5, 5.41) is 3.04. The maximum Gasteiger partial charge on any atom is 0.270 e. The van der Waals surface area contributed by atoms with Gasteiger partial charge in [0, 0.05) is 12.7 Å². The van der Waals surface area contributed by atoms with Crippen molar-refractivity contribution in [3.05, 3.63) is 35.3 Å². The number of nitrogens with one attached hydrogen (secondary N) is 1. The molecule has 0 radical (unpaired) electrons. The Labute approximate surface area is 137 Å². The lowest BCUT2D eigenvalue weighted by atomic mass is 10.2. The number of pyridine rings is 1. The van der Waals surface area contributed by atoms with Crippen LogP contribution in [0.1, 0.15) is 47.4 Å². The predicted molar refractivity (Wildman–Crippen MR) is 91.9 cm³/mol. The lowest BCUT2D eigenvalue weighted by molar-refractivity contribution is 0.0946. The van der Waals surface area contributed by atoms with Crippen molar-refractivity contribution in [3.8, 4) is 0 Å². The highest BCUT2D eigenvalue weighted by Gasteiger charge is 2.16. The van der Waals surface area contributed by atoms with Crippen molar-refractivity contribution in [1.82, 2.24) is 19.6 Å². The molecule has 0 aliphatic carbocycles. The largest absolute Gasteiger partial charge is 0.351 e. The monoisotopic (exact) mass is 314 g/mol. The number of carbonyl (C=O) groups excluding carboxylic acids is 1. The van der Waals surface area contributed by atoms with E-state index in [9.17, 15) is 4.79 Å². The van der Waals surface area contributed by atoms with Crippen LogP contribution >= 0.6 is 0 Å². The second kappa shape index (κ2) is 7.13. The molecule has 23 heavy (non-hydrogen) atoms. The van der Waals surface area contributed by atoms with Gasteiger partial charge in [-0.2, -0.15) is 0 Å². The highest BCUT2D eigenvalue weighted by Crippen LogP contribution is 2.13. The van der Waals surface area contributed by atoms with Crippen LogP contribution in [-0.4, -0.2) is 46.4 Å². The maximum atomic E-state index is 12.5. The van der Waals surface area contributed by atoms with Gasteiger partial charge in [-0.1, -0.05) is 0 Å². The van der Waals surface area contributed by atoms with Gasteiger partial charge in [0.1, 0.15) is 11.3 Å². The van der Waals surface area contributed by atoms with E-state index in [0.29, 0.717) is 5.69 Å². The van der Waals surface area contributed by atoms with Crippen LogP contribution in [0.3, 0.4) is 0 Å². The molecule has 2 aromatic rings. The van der Waals surface area contributed by atoms with E-state index >= 15 is 0 Å². The van der Waals surface area contributed by atoms with Gasteiger partial charge in [0.2, 0.25) is 0 Å². The van der Waals surface area contributed by atoms with E-state index < -0.39 is 0 Å². The van der Waals surface area contributed by atoms with E-state index in [2.05, 4.69) is 15.2 Å². The first kappa shape index (κ1) is 16.0. The van der Waals surface area contributed by atoms with E-state index in [0.717, 1.165) is 42.8 Å². The Morgan fingerprint density at radius 3 is 2.83 bits per heavy atom. The van der Waals surface area contributed by atoms with Crippen LogP contribution in [0, 0.1) is 13.8 Å². The number of carbonyl (C=O) groups is 1. The minimum Gasteiger partial charge on any atom is -0.351 e. The maximum absolute atomic E-state index is 12.5. The standard InChI is InChI=1S/C18H26N4O/c1-14-7-12-22-16(13-14)20-15(2)17(22)18(23)19-8-3-4-9-21-10-5-6-11-21/h7,12-13H,3-6,8-11H2,1-2H3,(H,19,23). The molecule has 3 rings (SSSR count). The summed E-state index contributed by atoms with van der Waals surface area (Å²) in [7, 11) is 0. The quantitative estimate of drug-likeness (QED) is 0.834. The van der Waals surface area contributed by atoms with Crippen LogP contribution < -0.4 is 5.32 Å². The molecule has 0 aromatic carbocycles. The SMILES string of the molecule is Cc1ccn2c(C(=O)NCCCCN3CCCC3)c(C)nc2c1. The first-order valence-corrected chi connectivity index (χ1v) is 8.61. The molecule has 0 spiro atoms. The Balaban J connectivity index is 1.53. The predicted octanol–water partition coefficient (Wildman–Crippen LogP) is 2.56. The summed E-state index contributed by atoms with van der Waals surface area (Å²) in [6, 6.07) is 4.00. The first-order valence-electron chi connectivity index (χ1n) is 8.61. The van der Waals surface area contributed by atoms with Gasteiger partial charge in [0.05, 0.1) is 5.69 Å². The second-order valence-electron chi connectivity index (χ2n) is 6.49. The summed E-state index contributed by atoms with van der Waals surface area (Å²) < 4.78 is 1.88. The second-order valence-corrected chi connectivity index (χ2v) is 6.49. The number of likely N-dealkylation sites (tertiary alicyclic amines) is 1. The van der Waals surface area contributed by atoms with E-state index in [1.165, 1.54) is 25.9 Å². The van der Waals surface area contributed by atoms with E-state index in [-0.39, 0.29) is 5.91 Å². The number of unbranched alkanes of at least 4 members (excludes halogenated alkanes) is 1. The van der Waals surface area contributed by atoms with Crippen molar-refractivity contribution >= 4 is 11.6 Å². The smallest absolute Gasteiger partial charge is 0.270 e. The number of amides is 1. The summed E-state index contributed by atoms with van der Waals surface area (Å²) in [6.07, 6.45) is 6.77. The molecule has 1 aliphatic rings. The third-order valence-electron chi connectivity index (χ3n) is 4.56. The molecule has 1 fully saturated rings. The van der Waals surface area contributed by atoms with Gasteiger partial charge in [0.15, 0.2) is 0 Å². The average molecular weight is 314 g/mol. The molecular formula is C18H26N4O. The van der Waals surface area contributed by atoms with Gasteiger partial charge in [-0.3, -0.25) is 9.20 Å². The van der Waals surface area contributed by atoms with Crippen LogP contribution in [0.2, 0.25) is 0 Å². The van der Waals surface area contributed by atoms with Gasteiger partial charge >= 0.3 is 0 Å². The molecule has 0 saturated carbocycles. The molecule has 3 heterocycles. The Kier molecular flexibility index (Phi) is 4.96. The topological polar surface area (TPSA) is 49.6 Å². The number of aryl methyl sites for hydroxylation is 2. The minimum absolute atomic E-state index is 0.0278. The molecule has 0 bridgehead atoms. The van der Waals surface area contributed by atoms with Gasteiger partial charge < -0.3 is 10.2 Å². The van der Waals surface area contributed by atoms with Crippen LogP contribution in [0.5, 0.6) is 0 Å². The van der Waals surface area contributed by atoms with Gasteiger partial charge in [-0.05, 0) is 76.9 Å². The zero-order chi connectivity index (χ0) is 16.2. The number of imidazole rings is 1. The fourth-order valence-electron chi connectivity index (χ4n) is 3.29. The molecule has 1 saturated heterocycles. The van der Waals surface area contributed by atoms with Crippen LogP contribution in [0.4, 0.5) is 0 Å². The number of nitrogens with zero attached hydrogens (tertiary/aromatic N) is 3. The zero-order valence-corrected chi connectivity index (χ0v) is 14.1. The van der Waals surface area contributed by atoms with Crippen LogP contribution in [0.25, 0.3) is 5.65 Å². The fraction of sp³-hybridized carbons (Fsp3) is 0.556. The average Bonchev–Trinajstić information content (AvgIpc) is 3.13. The lowest BCUT2D eigenvalue weighted by Gasteiger charge is -2.14. The number of hydrogen-bond donors (Lipinski definition) is 1. The van der Waals surface area contributed by atoms with Crippen molar-refractivity contribution in [2.45, 2.75) is 39.5 Å². The summed E-state index contributed by atoms with van der Waals surface area (Å²) in [4.78, 5) is 19.5. The third-order valence-corrected chi connectivity index (χ3v) is 4.56. The van der Waals surface area contributed by atoms with E-state index in [1.54, 1.807) is 0 Å². The molecule has 124 valence electrons. The molecule has 2 aromatic heterocycles. The fourth-order valence-corrected chi connectivity index (χ4v) is 3.29. The lowest BCUT2D eigenvalue weighted by Crippen LogP contribution is -2.27. The molecule has 1 amide bonds. The molecule has 5 nitrogen and oxygen atoms in total. The number of rotatable bonds is 6. The minimum atomic E-state index is -0.0278. The molecule has 5 heteroatoms. The van der Waals surface area contributed by atoms with E-state index in [4.69, 9.17) is 0 Å². The molecule has 0 unspecified atom stereocenters. The molecule has 0 atom stereocenters. The van der Waals surface area contributed by atoms with E-state index in [1.807, 2.05) is 36.6 Å². The third kappa shape index (κ3) is 3.72. The highest BCUT2D eigenvalue weighted by atomic mass is 16.1. The Morgan fingerprint density at radius 2 is 2.04 bits per heavy atom. The van der Waals surface area contributed by atoms with Crippen molar-refractivity contribution in [3.63, 3.8) is 0 Å². The first-order chi connectivity index (χ1) is 11.1.